The van der Waals surface area contributed by atoms with E-state index in [9.17, 15) is 9.18 Å². The molecule has 1 fully saturated rings. The van der Waals surface area contributed by atoms with Crippen LogP contribution in [0.3, 0.4) is 0 Å². The molecule has 2 aromatic carbocycles. The second kappa shape index (κ2) is 11.1. The van der Waals surface area contributed by atoms with Crippen LogP contribution in [-0.2, 0) is 16.0 Å². The molecule has 1 heterocycles. The molecule has 1 N–H and O–H groups in total. The lowest BCUT2D eigenvalue weighted by Gasteiger charge is -2.35. The third-order valence-electron chi connectivity index (χ3n) is 5.47. The van der Waals surface area contributed by atoms with Crippen molar-refractivity contribution < 1.29 is 13.9 Å². The number of unbranched alkanes of at least 4 members (excludes halogenated alkanes) is 1. The number of nitrogens with one attached hydrogen (secondary N) is 1. The molecule has 29 heavy (non-hydrogen) atoms. The Labute approximate surface area is 173 Å². The van der Waals surface area contributed by atoms with E-state index in [0.717, 1.165) is 51.1 Å². The quantitative estimate of drug-likeness (QED) is 0.649. The van der Waals surface area contributed by atoms with E-state index in [1.165, 1.54) is 23.3 Å². The van der Waals surface area contributed by atoms with Crippen molar-refractivity contribution in [1.82, 2.24) is 10.2 Å². The molecule has 0 aromatic heterocycles. The van der Waals surface area contributed by atoms with Gasteiger partial charge in [0.25, 0.3) is 0 Å². The van der Waals surface area contributed by atoms with Gasteiger partial charge in [-0.2, -0.15) is 0 Å². The second-order valence-corrected chi connectivity index (χ2v) is 7.71. The maximum Gasteiger partial charge on any atom is 0.220 e. The van der Waals surface area contributed by atoms with Crippen LogP contribution in [0.4, 0.5) is 4.39 Å². The molecule has 1 aliphatic rings. The molecular weight excluding hydrogens is 367 g/mol. The molecule has 0 radical (unpaired) electrons. The fraction of sp³-hybridized carbons (Fsp3) is 0.458. The van der Waals surface area contributed by atoms with E-state index >= 15 is 0 Å². The molecule has 5 heteroatoms. The van der Waals surface area contributed by atoms with E-state index in [1.807, 2.05) is 12.1 Å². The highest BCUT2D eigenvalue weighted by atomic mass is 19.1. The molecule has 0 aliphatic carbocycles. The molecule has 4 nitrogen and oxygen atoms in total. The van der Waals surface area contributed by atoms with Crippen LogP contribution in [0.5, 0.6) is 0 Å². The van der Waals surface area contributed by atoms with Crippen molar-refractivity contribution in [3.05, 3.63) is 71.0 Å². The van der Waals surface area contributed by atoms with E-state index in [2.05, 4.69) is 41.4 Å². The molecule has 2 aromatic rings. The zero-order valence-electron chi connectivity index (χ0n) is 17.2. The SMILES string of the molecule is Cc1ccc(C(CNC(=O)CCCCc2ccc(F)cc2)N2CCOCC2)cc1. The van der Waals surface area contributed by atoms with Gasteiger partial charge in [-0.15, -0.1) is 0 Å². The fourth-order valence-electron chi connectivity index (χ4n) is 3.70. The van der Waals surface area contributed by atoms with Crippen molar-refractivity contribution in [3.8, 4) is 0 Å². The minimum atomic E-state index is -0.212. The summed E-state index contributed by atoms with van der Waals surface area (Å²) in [5.74, 6) is -0.119. The van der Waals surface area contributed by atoms with Gasteiger partial charge in [0.05, 0.1) is 19.3 Å². The van der Waals surface area contributed by atoms with Gasteiger partial charge < -0.3 is 10.1 Å². The maximum atomic E-state index is 12.9. The molecule has 1 amide bonds. The van der Waals surface area contributed by atoms with Crippen molar-refractivity contribution >= 4 is 5.91 Å². The van der Waals surface area contributed by atoms with E-state index in [-0.39, 0.29) is 17.8 Å². The zero-order valence-corrected chi connectivity index (χ0v) is 17.2. The van der Waals surface area contributed by atoms with Gasteiger partial charge in [0.15, 0.2) is 0 Å². The first kappa shape index (κ1) is 21.5. The van der Waals surface area contributed by atoms with E-state index in [1.54, 1.807) is 0 Å². The topological polar surface area (TPSA) is 41.6 Å². The number of carbonyl (C=O) groups excluding carboxylic acids is 1. The van der Waals surface area contributed by atoms with Gasteiger partial charge in [-0.3, -0.25) is 9.69 Å². The number of amides is 1. The molecular formula is C24H31FN2O2. The summed E-state index contributed by atoms with van der Waals surface area (Å²) in [6.07, 6.45) is 3.14. The zero-order chi connectivity index (χ0) is 20.5. The fourth-order valence-corrected chi connectivity index (χ4v) is 3.70. The Morgan fingerprint density at radius 3 is 2.45 bits per heavy atom. The van der Waals surface area contributed by atoms with Crippen LogP contribution in [0.15, 0.2) is 48.5 Å². The molecule has 1 atom stereocenters. The Morgan fingerprint density at radius 1 is 1.07 bits per heavy atom. The first-order valence-electron chi connectivity index (χ1n) is 10.5. The summed E-state index contributed by atoms with van der Waals surface area (Å²) < 4.78 is 18.4. The first-order valence-corrected chi connectivity index (χ1v) is 10.5. The van der Waals surface area contributed by atoms with Gasteiger partial charge in [0, 0.05) is 26.1 Å². The van der Waals surface area contributed by atoms with Crippen LogP contribution in [0.25, 0.3) is 0 Å². The number of rotatable bonds is 9. The summed E-state index contributed by atoms with van der Waals surface area (Å²) in [6.45, 7) is 5.93. The molecule has 3 rings (SSSR count). The second-order valence-electron chi connectivity index (χ2n) is 7.71. The summed E-state index contributed by atoms with van der Waals surface area (Å²) >= 11 is 0. The number of benzene rings is 2. The number of halogens is 1. The Balaban J connectivity index is 1.45. The van der Waals surface area contributed by atoms with E-state index in [4.69, 9.17) is 4.74 Å². The van der Waals surface area contributed by atoms with Crippen molar-refractivity contribution in [2.24, 2.45) is 0 Å². The smallest absolute Gasteiger partial charge is 0.220 e. The highest BCUT2D eigenvalue weighted by Gasteiger charge is 2.23. The summed E-state index contributed by atoms with van der Waals surface area (Å²) in [5, 5.41) is 3.13. The summed E-state index contributed by atoms with van der Waals surface area (Å²) in [6, 6.07) is 15.3. The summed E-state index contributed by atoms with van der Waals surface area (Å²) in [7, 11) is 0. The molecule has 1 saturated heterocycles. The Kier molecular flexibility index (Phi) is 8.20. The van der Waals surface area contributed by atoms with Gasteiger partial charge >= 0.3 is 0 Å². The average Bonchev–Trinajstić information content (AvgIpc) is 2.75. The van der Waals surface area contributed by atoms with Crippen LogP contribution in [0.1, 0.15) is 42.0 Å². The van der Waals surface area contributed by atoms with Gasteiger partial charge in [-0.25, -0.2) is 4.39 Å². The Bertz CT molecular complexity index is 755. The van der Waals surface area contributed by atoms with Gasteiger partial charge in [0.2, 0.25) is 5.91 Å². The molecule has 1 aliphatic heterocycles. The molecule has 0 saturated carbocycles. The lowest BCUT2D eigenvalue weighted by Crippen LogP contribution is -2.43. The minimum Gasteiger partial charge on any atom is -0.379 e. The third kappa shape index (κ3) is 6.94. The van der Waals surface area contributed by atoms with Gasteiger partial charge in [0.1, 0.15) is 5.82 Å². The van der Waals surface area contributed by atoms with Crippen molar-refractivity contribution in [2.45, 2.75) is 38.6 Å². The number of hydrogen-bond donors (Lipinski definition) is 1. The van der Waals surface area contributed by atoms with Crippen LogP contribution < -0.4 is 5.32 Å². The lowest BCUT2D eigenvalue weighted by atomic mass is 10.0. The van der Waals surface area contributed by atoms with Crippen LogP contribution in [-0.4, -0.2) is 43.7 Å². The number of carbonyl (C=O) groups is 1. The van der Waals surface area contributed by atoms with Crippen LogP contribution in [0.2, 0.25) is 0 Å². The van der Waals surface area contributed by atoms with Gasteiger partial charge in [-0.1, -0.05) is 42.0 Å². The normalized spacial score (nSPS) is 15.8. The molecule has 0 bridgehead atoms. The number of hydrogen-bond acceptors (Lipinski definition) is 3. The summed E-state index contributed by atoms with van der Waals surface area (Å²) in [4.78, 5) is 14.8. The molecule has 1 unspecified atom stereocenters. The first-order chi connectivity index (χ1) is 14.1. The number of morpholine rings is 1. The van der Waals surface area contributed by atoms with Crippen molar-refractivity contribution in [3.63, 3.8) is 0 Å². The lowest BCUT2D eigenvalue weighted by molar-refractivity contribution is -0.121. The van der Waals surface area contributed by atoms with Crippen molar-refractivity contribution in [1.29, 1.82) is 0 Å². The average molecular weight is 399 g/mol. The number of ether oxygens (including phenoxy) is 1. The Morgan fingerprint density at radius 2 is 1.76 bits per heavy atom. The monoisotopic (exact) mass is 398 g/mol. The summed E-state index contributed by atoms with van der Waals surface area (Å²) in [5.41, 5.74) is 3.58. The third-order valence-corrected chi connectivity index (χ3v) is 5.47. The highest BCUT2D eigenvalue weighted by Crippen LogP contribution is 2.22. The maximum absolute atomic E-state index is 12.9. The highest BCUT2D eigenvalue weighted by molar-refractivity contribution is 5.75. The van der Waals surface area contributed by atoms with Crippen LogP contribution in [0, 0.1) is 12.7 Å². The predicted molar refractivity (Wildman–Crippen MR) is 113 cm³/mol. The standard InChI is InChI=1S/C24H31FN2O2/c1-19-6-10-21(11-7-19)23(27-14-16-29-17-15-27)18-26-24(28)5-3-2-4-20-8-12-22(25)13-9-20/h6-13,23H,2-5,14-18H2,1H3,(H,26,28). The minimum absolute atomic E-state index is 0.0921. The number of aryl methyl sites for hydroxylation is 2. The molecule has 0 spiro atoms. The predicted octanol–water partition coefficient (Wildman–Crippen LogP) is 4.04. The van der Waals surface area contributed by atoms with Crippen LogP contribution >= 0.6 is 0 Å². The van der Waals surface area contributed by atoms with Gasteiger partial charge in [-0.05, 0) is 49.4 Å². The largest absolute Gasteiger partial charge is 0.379 e. The molecule has 156 valence electrons. The van der Waals surface area contributed by atoms with E-state index in [0.29, 0.717) is 13.0 Å². The van der Waals surface area contributed by atoms with Crippen molar-refractivity contribution in [2.75, 3.05) is 32.8 Å². The number of nitrogens with zero attached hydrogens (tertiary/aromatic N) is 1. The Hall–Kier alpha value is -2.24. The van der Waals surface area contributed by atoms with E-state index < -0.39 is 0 Å².